The van der Waals surface area contributed by atoms with E-state index >= 15 is 0 Å². The van der Waals surface area contributed by atoms with E-state index in [4.69, 9.17) is 16.3 Å². The van der Waals surface area contributed by atoms with Crippen molar-refractivity contribution in [3.8, 4) is 5.75 Å². The molecule has 0 saturated heterocycles. The van der Waals surface area contributed by atoms with Crippen LogP contribution in [0, 0.1) is 5.92 Å². The number of hydrogen-bond acceptors (Lipinski definition) is 3. The highest BCUT2D eigenvalue weighted by molar-refractivity contribution is 6.31. The van der Waals surface area contributed by atoms with Crippen LogP contribution in [0.3, 0.4) is 0 Å². The molecule has 2 atom stereocenters. The maximum atomic E-state index is 12.6. The summed E-state index contributed by atoms with van der Waals surface area (Å²) in [5.74, 6) is 0.281. The van der Waals surface area contributed by atoms with E-state index in [0.29, 0.717) is 22.0 Å². The predicted molar refractivity (Wildman–Crippen MR) is 102 cm³/mol. The molecule has 2 aromatic carbocycles. The molecule has 0 aromatic heterocycles. The van der Waals surface area contributed by atoms with Crippen LogP contribution in [0.15, 0.2) is 42.5 Å². The number of ether oxygens (including phenoxy) is 1. The highest BCUT2D eigenvalue weighted by Crippen LogP contribution is 2.50. The molecule has 1 aliphatic carbocycles. The van der Waals surface area contributed by atoms with E-state index in [1.165, 1.54) is 12.0 Å². The molecule has 136 valence electrons. The summed E-state index contributed by atoms with van der Waals surface area (Å²) in [7, 11) is 4.90. The van der Waals surface area contributed by atoms with Gasteiger partial charge in [-0.2, -0.15) is 0 Å². The van der Waals surface area contributed by atoms with E-state index in [1.807, 2.05) is 24.3 Å². The molecule has 0 radical (unpaired) electrons. The van der Waals surface area contributed by atoms with Crippen molar-refractivity contribution >= 4 is 29.1 Å². The molecule has 1 aliphatic rings. The van der Waals surface area contributed by atoms with Gasteiger partial charge in [-0.25, -0.2) is 0 Å². The summed E-state index contributed by atoms with van der Waals surface area (Å²) in [6.45, 7) is 0. The smallest absolute Gasteiger partial charge is 0.253 e. The van der Waals surface area contributed by atoms with Crippen molar-refractivity contribution in [2.75, 3.05) is 26.5 Å². The number of carbonyl (C=O) groups excluding carboxylic acids is 2. The summed E-state index contributed by atoms with van der Waals surface area (Å²) < 4.78 is 5.31. The fourth-order valence-corrected chi connectivity index (χ4v) is 3.30. The van der Waals surface area contributed by atoms with Crippen molar-refractivity contribution < 1.29 is 14.3 Å². The fourth-order valence-electron chi connectivity index (χ4n) is 3.03. The molecule has 2 aromatic rings. The maximum absolute atomic E-state index is 12.6. The van der Waals surface area contributed by atoms with Gasteiger partial charge in [-0.3, -0.25) is 9.59 Å². The molecule has 1 N–H and O–H groups in total. The van der Waals surface area contributed by atoms with Crippen LogP contribution < -0.4 is 10.1 Å². The van der Waals surface area contributed by atoms with Crippen molar-refractivity contribution in [1.29, 1.82) is 0 Å². The number of benzene rings is 2. The molecule has 0 spiro atoms. The molecule has 1 saturated carbocycles. The first-order chi connectivity index (χ1) is 12.4. The minimum Gasteiger partial charge on any atom is -0.495 e. The number of nitrogens with one attached hydrogen (secondary N) is 1. The molecular formula is C20H21ClN2O3. The van der Waals surface area contributed by atoms with Gasteiger partial charge in [0.2, 0.25) is 5.91 Å². The second-order valence-electron chi connectivity index (χ2n) is 6.57. The Balaban J connectivity index is 1.76. The Morgan fingerprint density at radius 2 is 1.92 bits per heavy atom. The molecule has 3 rings (SSSR count). The van der Waals surface area contributed by atoms with Crippen LogP contribution in [0.4, 0.5) is 5.69 Å². The molecule has 0 bridgehead atoms. The van der Waals surface area contributed by atoms with Crippen LogP contribution in [-0.2, 0) is 4.79 Å². The molecule has 5 nitrogen and oxygen atoms in total. The van der Waals surface area contributed by atoms with Gasteiger partial charge in [-0.1, -0.05) is 29.8 Å². The van der Waals surface area contributed by atoms with Crippen molar-refractivity contribution in [3.63, 3.8) is 0 Å². The van der Waals surface area contributed by atoms with Crippen molar-refractivity contribution in [2.45, 2.75) is 12.3 Å². The number of hydrogen-bond donors (Lipinski definition) is 1. The second kappa shape index (κ2) is 7.38. The van der Waals surface area contributed by atoms with E-state index in [-0.39, 0.29) is 23.7 Å². The second-order valence-corrected chi connectivity index (χ2v) is 6.98. The molecule has 2 amide bonds. The number of carbonyl (C=O) groups is 2. The highest BCUT2D eigenvalue weighted by atomic mass is 35.5. The van der Waals surface area contributed by atoms with Crippen LogP contribution in [0.25, 0.3) is 0 Å². The number of methoxy groups -OCH3 is 1. The van der Waals surface area contributed by atoms with Gasteiger partial charge >= 0.3 is 0 Å². The number of halogens is 1. The Kier molecular flexibility index (Phi) is 5.18. The van der Waals surface area contributed by atoms with E-state index in [1.54, 1.807) is 32.3 Å². The fraction of sp³-hybridized carbons (Fsp3) is 0.300. The van der Waals surface area contributed by atoms with E-state index in [2.05, 4.69) is 5.32 Å². The van der Waals surface area contributed by atoms with Crippen LogP contribution in [-0.4, -0.2) is 37.9 Å². The van der Waals surface area contributed by atoms with Crippen molar-refractivity contribution in [2.24, 2.45) is 5.92 Å². The lowest BCUT2D eigenvalue weighted by molar-refractivity contribution is -0.117. The average Bonchev–Trinajstić information content (AvgIpc) is 3.42. The van der Waals surface area contributed by atoms with Gasteiger partial charge in [0.15, 0.2) is 0 Å². The third-order valence-corrected chi connectivity index (χ3v) is 4.89. The standard InChI is InChI=1S/C20H21ClN2O3/c1-23(2)20(25)12-8-9-18(26-3)17(10-12)22-19(24)15-11-14(15)13-6-4-5-7-16(13)21/h4-10,14-15H,11H2,1-3H3,(H,22,24)/t14-,15-/m0/s1. The predicted octanol–water partition coefficient (Wildman–Crippen LogP) is 3.79. The average molecular weight is 373 g/mol. The van der Waals surface area contributed by atoms with Gasteiger partial charge < -0.3 is 15.0 Å². The Hall–Kier alpha value is -2.53. The Bertz CT molecular complexity index is 851. The first-order valence-corrected chi connectivity index (χ1v) is 8.75. The molecule has 6 heteroatoms. The summed E-state index contributed by atoms with van der Waals surface area (Å²) in [5, 5.41) is 3.58. The van der Waals surface area contributed by atoms with Gasteiger partial charge in [0.1, 0.15) is 5.75 Å². The zero-order valence-electron chi connectivity index (χ0n) is 15.0. The van der Waals surface area contributed by atoms with E-state index < -0.39 is 0 Å². The van der Waals surface area contributed by atoms with Gasteiger partial charge in [-0.15, -0.1) is 0 Å². The molecule has 0 aliphatic heterocycles. The lowest BCUT2D eigenvalue weighted by Gasteiger charge is -2.14. The van der Waals surface area contributed by atoms with E-state index in [0.717, 1.165) is 12.0 Å². The minimum absolute atomic E-state index is 0.0947. The zero-order chi connectivity index (χ0) is 18.8. The Morgan fingerprint density at radius 1 is 1.19 bits per heavy atom. The SMILES string of the molecule is COc1ccc(C(=O)N(C)C)cc1NC(=O)[C@H]1C[C@H]1c1ccccc1Cl. The molecule has 1 fully saturated rings. The van der Waals surface area contributed by atoms with E-state index in [9.17, 15) is 9.59 Å². The number of amides is 2. The first-order valence-electron chi connectivity index (χ1n) is 8.37. The summed E-state index contributed by atoms with van der Waals surface area (Å²) in [6.07, 6.45) is 0.758. The van der Waals surface area contributed by atoms with Crippen LogP contribution in [0.5, 0.6) is 5.75 Å². The van der Waals surface area contributed by atoms with Gasteiger partial charge in [-0.05, 0) is 42.2 Å². The van der Waals surface area contributed by atoms with Gasteiger partial charge in [0.25, 0.3) is 5.91 Å². The Morgan fingerprint density at radius 3 is 2.58 bits per heavy atom. The van der Waals surface area contributed by atoms with Crippen molar-refractivity contribution in [3.05, 3.63) is 58.6 Å². The monoisotopic (exact) mass is 372 g/mol. The number of nitrogens with zero attached hydrogens (tertiary/aromatic N) is 1. The number of rotatable bonds is 5. The molecule has 26 heavy (non-hydrogen) atoms. The molecule has 0 heterocycles. The largest absolute Gasteiger partial charge is 0.495 e. The lowest BCUT2D eigenvalue weighted by Crippen LogP contribution is -2.22. The zero-order valence-corrected chi connectivity index (χ0v) is 15.7. The molecule has 0 unspecified atom stereocenters. The Labute approximate surface area is 157 Å². The first kappa shape index (κ1) is 18.3. The number of anilines is 1. The summed E-state index contributed by atoms with van der Waals surface area (Å²) in [6, 6.07) is 12.6. The van der Waals surface area contributed by atoms with Gasteiger partial charge in [0, 0.05) is 30.6 Å². The van der Waals surface area contributed by atoms with Crippen LogP contribution in [0.2, 0.25) is 5.02 Å². The minimum atomic E-state index is -0.136. The maximum Gasteiger partial charge on any atom is 0.253 e. The molecular weight excluding hydrogens is 352 g/mol. The summed E-state index contributed by atoms with van der Waals surface area (Å²) >= 11 is 6.23. The van der Waals surface area contributed by atoms with Crippen LogP contribution in [0.1, 0.15) is 28.3 Å². The third kappa shape index (κ3) is 3.68. The third-order valence-electron chi connectivity index (χ3n) is 4.54. The van der Waals surface area contributed by atoms with Crippen molar-refractivity contribution in [1.82, 2.24) is 4.90 Å². The highest BCUT2D eigenvalue weighted by Gasteiger charge is 2.45. The topological polar surface area (TPSA) is 58.6 Å². The summed E-state index contributed by atoms with van der Waals surface area (Å²) in [4.78, 5) is 26.3. The summed E-state index contributed by atoms with van der Waals surface area (Å²) in [5.41, 5.74) is 1.98. The normalized spacial score (nSPS) is 18.2. The van der Waals surface area contributed by atoms with Crippen LogP contribution >= 0.6 is 11.6 Å². The lowest BCUT2D eigenvalue weighted by atomic mass is 10.1. The van der Waals surface area contributed by atoms with Gasteiger partial charge in [0.05, 0.1) is 12.8 Å². The quantitative estimate of drug-likeness (QED) is 0.868.